The van der Waals surface area contributed by atoms with Crippen molar-refractivity contribution in [3.8, 4) is 11.3 Å². The van der Waals surface area contributed by atoms with Gasteiger partial charge >= 0.3 is 5.97 Å². The molecule has 3 aromatic rings. The maximum Gasteiger partial charge on any atom is 0.307 e. The van der Waals surface area contributed by atoms with Crippen molar-refractivity contribution in [3.05, 3.63) is 58.1 Å². The summed E-state index contributed by atoms with van der Waals surface area (Å²) in [6.07, 6.45) is 1.27. The first-order valence-electron chi connectivity index (χ1n) is 6.56. The van der Waals surface area contributed by atoms with Crippen molar-refractivity contribution >= 4 is 40.1 Å². The third-order valence-electron chi connectivity index (χ3n) is 3.28. The lowest BCUT2D eigenvalue weighted by Gasteiger charge is -2.10. The minimum atomic E-state index is -0.999. The van der Waals surface area contributed by atoms with Gasteiger partial charge in [-0.3, -0.25) is 4.79 Å². The van der Waals surface area contributed by atoms with E-state index in [0.29, 0.717) is 27.7 Å². The smallest absolute Gasteiger partial charge is 0.307 e. The van der Waals surface area contributed by atoms with E-state index >= 15 is 0 Å². The Morgan fingerprint density at radius 1 is 1.22 bits per heavy atom. The average molecular weight is 351 g/mol. The SMILES string of the molecule is O=C(O)Cc1cc2cc(Cl)ncc2nc1-c1ccc(F)c(Cl)c1. The molecular weight excluding hydrogens is 342 g/mol. The first kappa shape index (κ1) is 15.6. The predicted molar refractivity (Wildman–Crippen MR) is 86.3 cm³/mol. The van der Waals surface area contributed by atoms with E-state index in [1.807, 2.05) is 0 Å². The number of pyridine rings is 2. The summed E-state index contributed by atoms with van der Waals surface area (Å²) in [6.45, 7) is 0. The number of fused-ring (bicyclic) bond motifs is 1. The van der Waals surface area contributed by atoms with Crippen molar-refractivity contribution in [3.63, 3.8) is 0 Å². The van der Waals surface area contributed by atoms with Crippen molar-refractivity contribution < 1.29 is 14.3 Å². The minimum absolute atomic E-state index is 0.0556. The fourth-order valence-corrected chi connectivity index (χ4v) is 2.63. The normalized spacial score (nSPS) is 10.9. The zero-order chi connectivity index (χ0) is 16.6. The molecule has 0 spiro atoms. The summed E-state index contributed by atoms with van der Waals surface area (Å²) in [5.74, 6) is -1.55. The molecule has 7 heteroatoms. The van der Waals surface area contributed by atoms with Gasteiger partial charge in [-0.25, -0.2) is 14.4 Å². The Balaban J connectivity index is 2.25. The summed E-state index contributed by atoms with van der Waals surface area (Å²) in [5, 5.41) is 10.0. The first-order valence-corrected chi connectivity index (χ1v) is 7.32. The lowest BCUT2D eigenvalue weighted by molar-refractivity contribution is -0.136. The van der Waals surface area contributed by atoms with Crippen molar-refractivity contribution in [2.75, 3.05) is 0 Å². The van der Waals surface area contributed by atoms with Crippen LogP contribution in [0.4, 0.5) is 4.39 Å². The average Bonchev–Trinajstić information content (AvgIpc) is 2.49. The number of hydrogen-bond acceptors (Lipinski definition) is 3. The Kier molecular flexibility index (Phi) is 4.15. The van der Waals surface area contributed by atoms with E-state index < -0.39 is 11.8 Å². The Bertz CT molecular complexity index is 931. The summed E-state index contributed by atoms with van der Waals surface area (Å²) in [5.41, 5.74) is 1.99. The van der Waals surface area contributed by atoms with Crippen LogP contribution in [0.15, 0.2) is 36.5 Å². The number of carboxylic acid groups (broad SMARTS) is 1. The molecule has 2 heterocycles. The Morgan fingerprint density at radius 2 is 2.00 bits per heavy atom. The van der Waals surface area contributed by atoms with Gasteiger partial charge < -0.3 is 5.11 Å². The molecule has 0 amide bonds. The highest BCUT2D eigenvalue weighted by Crippen LogP contribution is 2.29. The summed E-state index contributed by atoms with van der Waals surface area (Å²) in [6, 6.07) is 7.44. The van der Waals surface area contributed by atoms with Crippen LogP contribution in [0.2, 0.25) is 10.2 Å². The Hall–Kier alpha value is -2.24. The van der Waals surface area contributed by atoms with E-state index in [2.05, 4.69) is 9.97 Å². The number of carbonyl (C=O) groups is 1. The van der Waals surface area contributed by atoms with E-state index in [9.17, 15) is 9.18 Å². The predicted octanol–water partition coefficient (Wildman–Crippen LogP) is 4.37. The molecule has 0 bridgehead atoms. The minimum Gasteiger partial charge on any atom is -0.481 e. The molecule has 1 N–H and O–H groups in total. The molecule has 3 rings (SSSR count). The first-order chi connectivity index (χ1) is 10.9. The van der Waals surface area contributed by atoms with E-state index in [4.69, 9.17) is 28.3 Å². The summed E-state index contributed by atoms with van der Waals surface area (Å²) in [4.78, 5) is 19.5. The van der Waals surface area contributed by atoms with Gasteiger partial charge in [-0.2, -0.15) is 0 Å². The molecule has 0 saturated carbocycles. The molecule has 0 aliphatic carbocycles. The molecule has 0 fully saturated rings. The second-order valence-electron chi connectivity index (χ2n) is 4.90. The summed E-state index contributed by atoms with van der Waals surface area (Å²) in [7, 11) is 0. The molecule has 0 unspecified atom stereocenters. The largest absolute Gasteiger partial charge is 0.481 e. The van der Waals surface area contributed by atoms with Crippen LogP contribution in [0.5, 0.6) is 0 Å². The summed E-state index contributed by atoms with van der Waals surface area (Å²) >= 11 is 11.7. The van der Waals surface area contributed by atoms with Crippen molar-refractivity contribution in [2.45, 2.75) is 6.42 Å². The molecule has 0 aliphatic heterocycles. The third kappa shape index (κ3) is 3.25. The second-order valence-corrected chi connectivity index (χ2v) is 5.69. The van der Waals surface area contributed by atoms with Crippen molar-refractivity contribution in [2.24, 2.45) is 0 Å². The molecule has 1 aromatic carbocycles. The maximum atomic E-state index is 13.4. The number of aromatic nitrogens is 2. The highest BCUT2D eigenvalue weighted by atomic mass is 35.5. The topological polar surface area (TPSA) is 63.1 Å². The molecule has 4 nitrogen and oxygen atoms in total. The fourth-order valence-electron chi connectivity index (χ4n) is 2.29. The van der Waals surface area contributed by atoms with Gasteiger partial charge in [0.2, 0.25) is 0 Å². The number of aliphatic carboxylic acids is 1. The van der Waals surface area contributed by atoms with Crippen LogP contribution >= 0.6 is 23.2 Å². The number of nitrogens with zero attached hydrogens (tertiary/aromatic N) is 2. The van der Waals surface area contributed by atoms with Crippen LogP contribution in [0.25, 0.3) is 22.2 Å². The van der Waals surface area contributed by atoms with Crippen molar-refractivity contribution in [1.82, 2.24) is 9.97 Å². The van der Waals surface area contributed by atoms with Crippen LogP contribution in [0.3, 0.4) is 0 Å². The number of halogens is 3. The van der Waals surface area contributed by atoms with Gasteiger partial charge in [-0.05, 0) is 35.9 Å². The molecular formula is C16H9Cl2FN2O2. The molecule has 0 saturated heterocycles. The van der Waals surface area contributed by atoms with Crippen LogP contribution in [0.1, 0.15) is 5.56 Å². The molecule has 23 heavy (non-hydrogen) atoms. The molecule has 2 aromatic heterocycles. The van der Waals surface area contributed by atoms with Gasteiger partial charge in [-0.15, -0.1) is 0 Å². The lowest BCUT2D eigenvalue weighted by Crippen LogP contribution is -2.04. The van der Waals surface area contributed by atoms with Gasteiger partial charge in [0.25, 0.3) is 0 Å². The van der Waals surface area contributed by atoms with Gasteiger partial charge in [0.05, 0.1) is 28.9 Å². The Morgan fingerprint density at radius 3 is 2.70 bits per heavy atom. The molecule has 0 radical (unpaired) electrons. The highest BCUT2D eigenvalue weighted by Gasteiger charge is 2.14. The number of carboxylic acids is 1. The Labute approximate surface area is 140 Å². The monoisotopic (exact) mass is 350 g/mol. The van der Waals surface area contributed by atoms with E-state index in [1.165, 1.54) is 24.4 Å². The number of benzene rings is 1. The van der Waals surface area contributed by atoms with Gasteiger partial charge in [0, 0.05) is 10.9 Å². The third-order valence-corrected chi connectivity index (χ3v) is 3.78. The quantitative estimate of drug-likeness (QED) is 0.712. The number of hydrogen-bond donors (Lipinski definition) is 1. The standard InChI is InChI=1S/C16H9Cl2FN2O2/c17-11-4-8(1-2-12(11)19)16-10(6-15(22)23)3-9-5-14(18)20-7-13(9)21-16/h1-5,7H,6H2,(H,22,23). The molecule has 0 aliphatic rings. The fraction of sp³-hybridized carbons (Fsp3) is 0.0625. The maximum absolute atomic E-state index is 13.4. The second kappa shape index (κ2) is 6.10. The molecule has 0 atom stereocenters. The zero-order valence-electron chi connectivity index (χ0n) is 11.6. The van der Waals surface area contributed by atoms with E-state index in [1.54, 1.807) is 12.1 Å². The van der Waals surface area contributed by atoms with Crippen molar-refractivity contribution in [1.29, 1.82) is 0 Å². The van der Waals surface area contributed by atoms with Gasteiger partial charge in [0.1, 0.15) is 11.0 Å². The van der Waals surface area contributed by atoms with Crippen LogP contribution in [0, 0.1) is 5.82 Å². The van der Waals surface area contributed by atoms with Gasteiger partial charge in [-0.1, -0.05) is 23.2 Å². The van der Waals surface area contributed by atoms with E-state index in [-0.39, 0.29) is 16.6 Å². The van der Waals surface area contributed by atoms with Gasteiger partial charge in [0.15, 0.2) is 0 Å². The van der Waals surface area contributed by atoms with Crippen LogP contribution in [-0.4, -0.2) is 21.0 Å². The van der Waals surface area contributed by atoms with Crippen LogP contribution < -0.4 is 0 Å². The lowest BCUT2D eigenvalue weighted by atomic mass is 10.0. The number of rotatable bonds is 3. The molecule has 116 valence electrons. The highest BCUT2D eigenvalue weighted by molar-refractivity contribution is 6.31. The summed E-state index contributed by atoms with van der Waals surface area (Å²) < 4.78 is 13.4. The van der Waals surface area contributed by atoms with Crippen LogP contribution in [-0.2, 0) is 11.2 Å². The van der Waals surface area contributed by atoms with E-state index in [0.717, 1.165) is 0 Å². The zero-order valence-corrected chi connectivity index (χ0v) is 13.1.